The SMILES string of the molecule is C=C/C=C(\C(C)=C(C)C)C1CCC(C#N)C(CC)CC1. The highest BCUT2D eigenvalue weighted by molar-refractivity contribution is 5.36. The van der Waals surface area contributed by atoms with Crippen molar-refractivity contribution in [1.82, 2.24) is 0 Å². The Morgan fingerprint density at radius 1 is 1.20 bits per heavy atom. The summed E-state index contributed by atoms with van der Waals surface area (Å²) in [4.78, 5) is 0. The second-order valence-corrected chi connectivity index (χ2v) is 6.24. The number of allylic oxidation sites excluding steroid dienone is 5. The van der Waals surface area contributed by atoms with Gasteiger partial charge in [-0.25, -0.2) is 0 Å². The Hall–Kier alpha value is -1.29. The zero-order valence-corrected chi connectivity index (χ0v) is 13.6. The van der Waals surface area contributed by atoms with Crippen molar-refractivity contribution in [2.75, 3.05) is 0 Å². The molecule has 0 aromatic heterocycles. The van der Waals surface area contributed by atoms with Crippen LogP contribution in [0.15, 0.2) is 35.5 Å². The van der Waals surface area contributed by atoms with Crippen LogP contribution in [0.25, 0.3) is 0 Å². The number of nitriles is 1. The molecular formula is C19H29N. The first-order valence-electron chi connectivity index (χ1n) is 7.91. The molecule has 0 saturated heterocycles. The molecule has 0 aromatic carbocycles. The third kappa shape index (κ3) is 4.10. The highest BCUT2D eigenvalue weighted by atomic mass is 14.4. The van der Waals surface area contributed by atoms with Crippen molar-refractivity contribution in [3.63, 3.8) is 0 Å². The largest absolute Gasteiger partial charge is 0.198 e. The van der Waals surface area contributed by atoms with Gasteiger partial charge < -0.3 is 0 Å². The lowest BCUT2D eigenvalue weighted by Crippen LogP contribution is -2.09. The first kappa shape index (κ1) is 16.8. The molecule has 0 spiro atoms. The molecule has 0 N–H and O–H groups in total. The second-order valence-electron chi connectivity index (χ2n) is 6.24. The Morgan fingerprint density at radius 2 is 1.85 bits per heavy atom. The summed E-state index contributed by atoms with van der Waals surface area (Å²) in [7, 11) is 0. The predicted octanol–water partition coefficient (Wildman–Crippen LogP) is 5.81. The third-order valence-electron chi connectivity index (χ3n) is 4.89. The van der Waals surface area contributed by atoms with Crippen molar-refractivity contribution in [3.05, 3.63) is 35.5 Å². The Morgan fingerprint density at radius 3 is 2.35 bits per heavy atom. The average Bonchev–Trinajstić information content (AvgIpc) is 2.65. The molecule has 0 aromatic rings. The van der Waals surface area contributed by atoms with E-state index in [0.717, 1.165) is 19.3 Å². The number of rotatable bonds is 4. The fraction of sp³-hybridized carbons (Fsp3) is 0.632. The van der Waals surface area contributed by atoms with Gasteiger partial charge in [0, 0.05) is 5.92 Å². The summed E-state index contributed by atoms with van der Waals surface area (Å²) in [6.45, 7) is 12.7. The molecule has 110 valence electrons. The Labute approximate surface area is 125 Å². The molecule has 1 aliphatic rings. The lowest BCUT2D eigenvalue weighted by Gasteiger charge is -2.20. The van der Waals surface area contributed by atoms with Gasteiger partial charge in [0.05, 0.1) is 6.07 Å². The van der Waals surface area contributed by atoms with Gasteiger partial charge in [-0.1, -0.05) is 37.6 Å². The molecular weight excluding hydrogens is 242 g/mol. The molecule has 1 nitrogen and oxygen atoms in total. The molecule has 0 heterocycles. The summed E-state index contributed by atoms with van der Waals surface area (Å²) in [5.74, 6) is 1.43. The Kier molecular flexibility index (Phi) is 6.79. The summed E-state index contributed by atoms with van der Waals surface area (Å²) in [5, 5.41) is 9.35. The van der Waals surface area contributed by atoms with Crippen LogP contribution < -0.4 is 0 Å². The monoisotopic (exact) mass is 271 g/mol. The van der Waals surface area contributed by atoms with E-state index in [1.807, 2.05) is 6.08 Å². The second kappa shape index (κ2) is 8.10. The predicted molar refractivity (Wildman–Crippen MR) is 87.2 cm³/mol. The van der Waals surface area contributed by atoms with E-state index >= 15 is 0 Å². The molecule has 0 radical (unpaired) electrons. The molecule has 1 saturated carbocycles. The van der Waals surface area contributed by atoms with Crippen LogP contribution in [-0.4, -0.2) is 0 Å². The van der Waals surface area contributed by atoms with Crippen molar-refractivity contribution < 1.29 is 0 Å². The highest BCUT2D eigenvalue weighted by Crippen LogP contribution is 2.38. The van der Waals surface area contributed by atoms with Crippen LogP contribution in [0.3, 0.4) is 0 Å². The maximum Gasteiger partial charge on any atom is 0.0658 e. The van der Waals surface area contributed by atoms with Crippen LogP contribution in [0, 0.1) is 29.1 Å². The maximum absolute atomic E-state index is 9.35. The average molecular weight is 271 g/mol. The lowest BCUT2D eigenvalue weighted by molar-refractivity contribution is 0.369. The molecule has 1 fully saturated rings. The van der Waals surface area contributed by atoms with Gasteiger partial charge >= 0.3 is 0 Å². The summed E-state index contributed by atoms with van der Waals surface area (Å²) in [6.07, 6.45) is 9.80. The number of nitrogens with zero attached hydrogens (tertiary/aromatic N) is 1. The zero-order valence-electron chi connectivity index (χ0n) is 13.6. The van der Waals surface area contributed by atoms with Crippen molar-refractivity contribution in [3.8, 4) is 6.07 Å². The highest BCUT2D eigenvalue weighted by Gasteiger charge is 2.28. The molecule has 0 bridgehead atoms. The van der Waals surface area contributed by atoms with Gasteiger partial charge in [-0.05, 0) is 69.4 Å². The van der Waals surface area contributed by atoms with Crippen LogP contribution >= 0.6 is 0 Å². The molecule has 20 heavy (non-hydrogen) atoms. The van der Waals surface area contributed by atoms with Gasteiger partial charge in [-0.15, -0.1) is 0 Å². The van der Waals surface area contributed by atoms with Crippen LogP contribution in [-0.2, 0) is 0 Å². The van der Waals surface area contributed by atoms with Crippen LogP contribution in [0.4, 0.5) is 0 Å². The fourth-order valence-electron chi connectivity index (χ4n) is 3.33. The minimum absolute atomic E-state index is 0.252. The number of hydrogen-bond donors (Lipinski definition) is 0. The summed E-state index contributed by atoms with van der Waals surface area (Å²) < 4.78 is 0. The van der Waals surface area contributed by atoms with Crippen molar-refractivity contribution in [2.45, 2.75) is 59.8 Å². The van der Waals surface area contributed by atoms with E-state index in [4.69, 9.17) is 0 Å². The van der Waals surface area contributed by atoms with E-state index < -0.39 is 0 Å². The standard InChI is InChI=1S/C19H29N/c1-6-8-19(15(5)14(3)4)17-10-9-16(7-2)18(13-20)12-11-17/h6,8,16-18H,1,7,9-12H2,2-5H3/b19-8+. The van der Waals surface area contributed by atoms with Crippen molar-refractivity contribution >= 4 is 0 Å². The fourth-order valence-corrected chi connectivity index (χ4v) is 3.33. The topological polar surface area (TPSA) is 23.8 Å². The number of hydrogen-bond acceptors (Lipinski definition) is 1. The van der Waals surface area contributed by atoms with Gasteiger partial charge in [0.1, 0.15) is 0 Å². The van der Waals surface area contributed by atoms with Crippen molar-refractivity contribution in [1.29, 1.82) is 5.26 Å². The lowest BCUT2D eigenvalue weighted by atomic mass is 9.85. The molecule has 0 amide bonds. The quantitative estimate of drug-likeness (QED) is 0.467. The van der Waals surface area contributed by atoms with Gasteiger partial charge in [0.25, 0.3) is 0 Å². The normalized spacial score (nSPS) is 27.4. The van der Waals surface area contributed by atoms with Crippen LogP contribution in [0.5, 0.6) is 0 Å². The third-order valence-corrected chi connectivity index (χ3v) is 4.89. The van der Waals surface area contributed by atoms with Crippen LogP contribution in [0.2, 0.25) is 0 Å². The van der Waals surface area contributed by atoms with Gasteiger partial charge in [-0.2, -0.15) is 5.26 Å². The van der Waals surface area contributed by atoms with Crippen LogP contribution in [0.1, 0.15) is 59.8 Å². The van der Waals surface area contributed by atoms with E-state index in [1.54, 1.807) is 0 Å². The maximum atomic E-state index is 9.35. The zero-order chi connectivity index (χ0) is 15.1. The molecule has 1 rings (SSSR count). The Bertz CT molecular complexity index is 429. The molecule has 3 unspecified atom stereocenters. The minimum atomic E-state index is 0.252. The van der Waals surface area contributed by atoms with Gasteiger partial charge in [0.2, 0.25) is 0 Å². The molecule has 1 heteroatoms. The van der Waals surface area contributed by atoms with E-state index in [0.29, 0.717) is 11.8 Å². The minimum Gasteiger partial charge on any atom is -0.198 e. The summed E-state index contributed by atoms with van der Waals surface area (Å²) in [5.41, 5.74) is 4.22. The molecule has 0 aliphatic heterocycles. The van der Waals surface area contributed by atoms with E-state index in [9.17, 15) is 5.26 Å². The van der Waals surface area contributed by atoms with Gasteiger partial charge in [-0.3, -0.25) is 0 Å². The first-order valence-corrected chi connectivity index (χ1v) is 7.91. The summed E-state index contributed by atoms with van der Waals surface area (Å²) >= 11 is 0. The van der Waals surface area contributed by atoms with E-state index in [-0.39, 0.29) is 5.92 Å². The molecule has 3 atom stereocenters. The summed E-state index contributed by atoms with van der Waals surface area (Å²) in [6, 6.07) is 2.54. The Balaban J connectivity index is 2.96. The smallest absolute Gasteiger partial charge is 0.0658 e. The van der Waals surface area contributed by atoms with Crippen molar-refractivity contribution in [2.24, 2.45) is 17.8 Å². The molecule has 1 aliphatic carbocycles. The first-order chi connectivity index (χ1) is 9.54. The van der Waals surface area contributed by atoms with Gasteiger partial charge in [0.15, 0.2) is 0 Å². The van der Waals surface area contributed by atoms with E-state index in [1.165, 1.54) is 29.6 Å². The van der Waals surface area contributed by atoms with E-state index in [2.05, 4.69) is 46.4 Å².